The second-order valence-electron chi connectivity index (χ2n) is 10.8. The number of anilines is 1. The predicted octanol–water partition coefficient (Wildman–Crippen LogP) is -5.49. The molecule has 42 heavy (non-hydrogen) atoms. The molecule has 1 heterocycles. The van der Waals surface area contributed by atoms with Crippen LogP contribution in [0, 0.1) is 51.7 Å². The number of nitrogens with one attached hydrogen (secondary N) is 1. The fourth-order valence-corrected chi connectivity index (χ4v) is 6.41. The summed E-state index contributed by atoms with van der Waals surface area (Å²) < 4.78 is 8.19. The number of allylic oxidation sites excluding steroid dienone is 4. The molecule has 1 atom stereocenters. The summed E-state index contributed by atoms with van der Waals surface area (Å²) in [4.78, 5) is 14.1. The van der Waals surface area contributed by atoms with E-state index >= 15 is 0 Å². The number of hydrogen-bond acceptors (Lipinski definition) is 5. The van der Waals surface area contributed by atoms with Gasteiger partial charge in [0.25, 0.3) is 0 Å². The number of nitrogens with zero attached hydrogens (tertiary/aromatic N) is 2. The van der Waals surface area contributed by atoms with Gasteiger partial charge in [-0.25, -0.2) is 0 Å². The zero-order valence-electron chi connectivity index (χ0n) is 25.0. The van der Waals surface area contributed by atoms with E-state index in [4.69, 9.17) is 4.74 Å². The Hall–Kier alpha value is -1.89. The number of aryl methyl sites for hydroxylation is 6. The molecule has 1 fully saturated rings. The molecule has 2 aromatic rings. The maximum absolute atomic E-state index is 12.0. The van der Waals surface area contributed by atoms with E-state index in [1.807, 2.05) is 18.5 Å². The second kappa shape index (κ2) is 16.3. The molecule has 2 aliphatic rings. The minimum Gasteiger partial charge on any atom is -1.00 e. The molecule has 1 aliphatic carbocycles. The number of nitro groups is 1. The average Bonchev–Trinajstić information content (AvgIpc) is 3.21. The van der Waals surface area contributed by atoms with Gasteiger partial charge in [-0.2, -0.15) is 0 Å². The quantitative estimate of drug-likeness (QED) is 0.182. The first-order chi connectivity index (χ1) is 17.9. The summed E-state index contributed by atoms with van der Waals surface area (Å²) >= 11 is 2.47. The van der Waals surface area contributed by atoms with Gasteiger partial charge in [0.05, 0.1) is 0 Å². The van der Waals surface area contributed by atoms with Crippen LogP contribution in [0.5, 0.6) is 0 Å². The summed E-state index contributed by atoms with van der Waals surface area (Å²) in [6.45, 7) is 17.6. The van der Waals surface area contributed by atoms with Gasteiger partial charge in [0.1, 0.15) is 0 Å². The molecule has 230 valence electrons. The molecular formula is C31H37Cl4N3O3Ru. The van der Waals surface area contributed by atoms with Crippen molar-refractivity contribution in [2.24, 2.45) is 0 Å². The van der Waals surface area contributed by atoms with Crippen molar-refractivity contribution in [3.63, 3.8) is 0 Å². The first-order valence-electron chi connectivity index (χ1n) is 13.0. The van der Waals surface area contributed by atoms with Crippen LogP contribution in [-0.4, -0.2) is 22.2 Å². The Balaban J connectivity index is 0.00000420. The fourth-order valence-electron chi connectivity index (χ4n) is 6.04. The van der Waals surface area contributed by atoms with E-state index in [9.17, 15) is 10.1 Å². The van der Waals surface area contributed by atoms with Crippen LogP contribution in [0.25, 0.3) is 0 Å². The van der Waals surface area contributed by atoms with Crippen LogP contribution >= 0.6 is 0 Å². The number of rotatable bonds is 6. The molecule has 0 amide bonds. The van der Waals surface area contributed by atoms with Gasteiger partial charge < -0.3 is 49.6 Å². The van der Waals surface area contributed by atoms with Crippen LogP contribution in [0.4, 0.5) is 5.69 Å². The van der Waals surface area contributed by atoms with E-state index in [0.29, 0.717) is 17.9 Å². The van der Waals surface area contributed by atoms with Crippen molar-refractivity contribution < 1.29 is 77.1 Å². The maximum Gasteiger partial charge on any atom is -1.00 e. The van der Waals surface area contributed by atoms with E-state index in [0.717, 1.165) is 17.1 Å². The third-order valence-electron chi connectivity index (χ3n) is 7.16. The smallest absolute Gasteiger partial charge is 1.00 e. The molecule has 6 nitrogen and oxygen atoms in total. The first kappa shape index (κ1) is 40.1. The van der Waals surface area contributed by atoms with E-state index in [1.165, 1.54) is 38.9 Å². The van der Waals surface area contributed by atoms with Gasteiger partial charge in [-0.1, -0.05) is 0 Å². The first-order valence-corrected chi connectivity index (χ1v) is 14.0. The summed E-state index contributed by atoms with van der Waals surface area (Å²) in [7, 11) is 0. The van der Waals surface area contributed by atoms with Crippen LogP contribution in [0.3, 0.4) is 0 Å². The van der Waals surface area contributed by atoms with Crippen LogP contribution in [-0.2, 0) is 22.6 Å². The molecule has 4 rings (SSSR count). The minimum absolute atomic E-state index is 0. The summed E-state index contributed by atoms with van der Waals surface area (Å²) in [5, 5.41) is 15.7. The largest absolute Gasteiger partial charge is 1.00 e. The van der Waals surface area contributed by atoms with Gasteiger partial charge >= 0.3 is 236 Å². The Morgan fingerprint density at radius 2 is 1.45 bits per heavy atom. The van der Waals surface area contributed by atoms with Gasteiger partial charge in [-0.05, 0) is 0 Å². The van der Waals surface area contributed by atoms with E-state index < -0.39 is 0 Å². The van der Waals surface area contributed by atoms with Gasteiger partial charge in [0.15, 0.2) is 0 Å². The van der Waals surface area contributed by atoms with Crippen molar-refractivity contribution in [3.05, 3.63) is 108 Å². The molecule has 0 radical (unpaired) electrons. The predicted molar refractivity (Wildman–Crippen MR) is 151 cm³/mol. The van der Waals surface area contributed by atoms with Gasteiger partial charge in [-0.15, -0.1) is 0 Å². The summed E-state index contributed by atoms with van der Waals surface area (Å²) in [5.41, 5.74) is 11.4. The van der Waals surface area contributed by atoms with E-state index in [1.54, 1.807) is 6.08 Å². The SMILES string of the molecule is Cc1cc(C)c(C2CNC(=C3CC([N+](=O)[O-])=CC([CH]=[Ru+4])=C3OC(C)C)N2c2c(C)cc(C)cc2C)c(C)c1.[Cl-].[Cl-].[Cl-].[Cl-]. The molecule has 0 saturated carbocycles. The number of halogens is 4. The van der Waals surface area contributed by atoms with Crippen molar-refractivity contribution in [3.8, 4) is 0 Å². The minimum atomic E-state index is -0.282. The zero-order valence-corrected chi connectivity index (χ0v) is 29.8. The molecule has 2 aromatic carbocycles. The summed E-state index contributed by atoms with van der Waals surface area (Å²) in [6.07, 6.45) is 1.73. The number of benzene rings is 2. The van der Waals surface area contributed by atoms with Crippen LogP contribution < -0.4 is 59.8 Å². The normalized spacial score (nSPS) is 17.7. The molecule has 1 N–H and O–H groups in total. The van der Waals surface area contributed by atoms with Gasteiger partial charge in [0, 0.05) is 0 Å². The third kappa shape index (κ3) is 7.98. The molecule has 1 saturated heterocycles. The third-order valence-corrected chi connectivity index (χ3v) is 7.70. The molecular weight excluding hydrogens is 705 g/mol. The van der Waals surface area contributed by atoms with Crippen LogP contribution in [0.1, 0.15) is 65.3 Å². The monoisotopic (exact) mass is 741 g/mol. The Bertz CT molecular complexity index is 1390. The maximum atomic E-state index is 12.0. The van der Waals surface area contributed by atoms with Crippen molar-refractivity contribution >= 4 is 10.3 Å². The average molecular weight is 743 g/mol. The topological polar surface area (TPSA) is 67.6 Å². The van der Waals surface area contributed by atoms with Crippen molar-refractivity contribution in [1.29, 1.82) is 0 Å². The van der Waals surface area contributed by atoms with Crippen molar-refractivity contribution in [2.75, 3.05) is 11.4 Å². The molecule has 11 heteroatoms. The van der Waals surface area contributed by atoms with Crippen molar-refractivity contribution in [2.45, 2.75) is 74.0 Å². The van der Waals surface area contributed by atoms with Crippen molar-refractivity contribution in [1.82, 2.24) is 5.32 Å². The zero-order chi connectivity index (χ0) is 27.9. The molecule has 0 bridgehead atoms. The van der Waals surface area contributed by atoms with Crippen LogP contribution in [0.2, 0.25) is 0 Å². The van der Waals surface area contributed by atoms with E-state index in [2.05, 4.69) is 93.9 Å². The second-order valence-corrected chi connectivity index (χ2v) is 11.3. The van der Waals surface area contributed by atoms with Gasteiger partial charge in [-0.3, -0.25) is 0 Å². The Kier molecular flexibility index (Phi) is 15.5. The fraction of sp³-hybridized carbons (Fsp3) is 0.387. The van der Waals surface area contributed by atoms with E-state index in [-0.39, 0.29) is 78.8 Å². The van der Waals surface area contributed by atoms with Gasteiger partial charge in [0.2, 0.25) is 0 Å². The molecule has 1 aliphatic heterocycles. The molecule has 0 spiro atoms. The van der Waals surface area contributed by atoms with Crippen LogP contribution in [0.15, 0.2) is 58.8 Å². The Morgan fingerprint density at radius 3 is 1.90 bits per heavy atom. The standard InChI is InChI=1S/C31H37N3O3.4ClH.Ru/c1-17(2)37-30-24(9)14-25(34(35)36)15-26(30)31-32-16-27(28-20(5)10-18(3)11-21(28)6)33(31)29-22(7)12-19(4)13-23(29)8;;;;;/h9-14,17,27,32H,15-16H2,1-8H3;4*1H;/q;;;;;+4/p-4. The summed E-state index contributed by atoms with van der Waals surface area (Å²) in [6, 6.07) is 8.92. The summed E-state index contributed by atoms with van der Waals surface area (Å²) in [5.74, 6) is 1.57. The number of ether oxygens (including phenoxy) is 1. The molecule has 0 aromatic heterocycles. The Morgan fingerprint density at radius 1 is 0.952 bits per heavy atom. The molecule has 1 unspecified atom stereocenters. The Labute approximate surface area is 284 Å². The number of hydrogen-bond donors (Lipinski definition) is 1.